The number of hydrogen-bond donors (Lipinski definition) is 2. The van der Waals surface area contributed by atoms with Crippen molar-refractivity contribution in [2.45, 2.75) is 38.1 Å². The molecule has 11 nitrogen and oxygen atoms in total. The Morgan fingerprint density at radius 2 is 1.77 bits per heavy atom. The molecular weight excluding hydrogens is 587 g/mol. The highest BCUT2D eigenvalue weighted by Gasteiger charge is 2.37. The molecule has 5 rings (SSSR count). The number of carboxylic acid groups (broad SMARTS) is 1. The smallest absolute Gasteiger partial charge is 0.337 e. The summed E-state index contributed by atoms with van der Waals surface area (Å²) in [6.45, 7) is 1.96. The van der Waals surface area contributed by atoms with E-state index < -0.39 is 22.1 Å². The molecule has 0 bridgehead atoms. The molecule has 1 aromatic carbocycles. The Hall–Kier alpha value is -2.55. The van der Waals surface area contributed by atoms with Crippen molar-refractivity contribution < 1.29 is 23.1 Å². The summed E-state index contributed by atoms with van der Waals surface area (Å²) in [5, 5.41) is 16.8. The number of benzene rings is 1. The molecule has 2 saturated heterocycles. The second kappa shape index (κ2) is 11.5. The zero-order chi connectivity index (χ0) is 27.7. The number of hydrogen-bond acceptors (Lipinski definition) is 8. The lowest BCUT2D eigenvalue weighted by Crippen LogP contribution is -2.46. The van der Waals surface area contributed by atoms with Crippen LogP contribution in [0, 0.1) is 0 Å². The first-order chi connectivity index (χ1) is 18.6. The lowest BCUT2D eigenvalue weighted by Gasteiger charge is -2.33. The molecule has 2 aliphatic rings. The van der Waals surface area contributed by atoms with Crippen LogP contribution in [0.4, 0.5) is 5.95 Å². The molecule has 0 aliphatic carbocycles. The predicted octanol–water partition coefficient (Wildman–Crippen LogP) is 4.17. The number of anilines is 1. The van der Waals surface area contributed by atoms with Crippen LogP contribution >= 0.6 is 34.5 Å². The number of aromatic nitrogens is 3. The fraction of sp³-hybridized carbons (Fsp3) is 0.417. The lowest BCUT2D eigenvalue weighted by atomic mass is 9.99. The first kappa shape index (κ1) is 28.0. The monoisotopic (exact) mass is 612 g/mol. The van der Waals surface area contributed by atoms with Crippen LogP contribution in [0.15, 0.2) is 30.3 Å². The normalized spacial score (nSPS) is 18.9. The van der Waals surface area contributed by atoms with E-state index in [4.69, 9.17) is 23.2 Å². The number of nitrogens with one attached hydrogen (secondary N) is 1. The highest BCUT2D eigenvalue weighted by Crippen LogP contribution is 2.31. The van der Waals surface area contributed by atoms with Gasteiger partial charge in [-0.1, -0.05) is 29.3 Å². The molecule has 2 fully saturated rings. The van der Waals surface area contributed by atoms with Gasteiger partial charge in [0.2, 0.25) is 5.95 Å². The summed E-state index contributed by atoms with van der Waals surface area (Å²) >= 11 is 13.7. The molecule has 0 spiro atoms. The quantitative estimate of drug-likeness (QED) is 0.386. The summed E-state index contributed by atoms with van der Waals surface area (Å²) in [6.07, 6.45) is 2.98. The number of carboxylic acids is 1. The summed E-state index contributed by atoms with van der Waals surface area (Å²) in [7, 11) is -3.59. The standard InChI is InChI=1S/C24H26Cl2N6O5S2/c25-19-9-8-16(38-19)13-27-24-28-21(15-5-4-12-31(14-15)39(36,37)30-10-1-2-11-30)29-32(24)22(33)17-6-3-7-18(20(17)26)23(34)35/h3,6-9,15H,1-2,4-5,10-14H2,(H,34,35)(H,27,28,29). The SMILES string of the molecule is O=C(O)c1cccc(C(=O)n2nc(C3CCCN(S(=O)(=O)N4CCCC4)C3)nc2NCc2ccc(Cl)s2)c1Cl. The highest BCUT2D eigenvalue weighted by atomic mass is 35.5. The minimum atomic E-state index is -3.59. The molecule has 208 valence electrons. The van der Waals surface area contributed by atoms with Crippen molar-refractivity contribution in [3.05, 3.63) is 61.5 Å². The average Bonchev–Trinajstić information content (AvgIpc) is 3.68. The summed E-state index contributed by atoms with van der Waals surface area (Å²) < 4.78 is 31.0. The molecule has 2 aliphatic heterocycles. The number of halogens is 2. The summed E-state index contributed by atoms with van der Waals surface area (Å²) in [5.41, 5.74) is -0.252. The summed E-state index contributed by atoms with van der Waals surface area (Å²) in [6, 6.07) is 7.78. The van der Waals surface area contributed by atoms with Gasteiger partial charge in [0.05, 0.1) is 27.0 Å². The van der Waals surface area contributed by atoms with E-state index in [-0.39, 0.29) is 34.6 Å². The first-order valence-electron chi connectivity index (χ1n) is 12.4. The minimum Gasteiger partial charge on any atom is -0.478 e. The van der Waals surface area contributed by atoms with Crippen LogP contribution in [0.1, 0.15) is 63.0 Å². The van der Waals surface area contributed by atoms with Crippen LogP contribution < -0.4 is 5.32 Å². The third-order valence-corrected chi connectivity index (χ3v) is 10.4. The maximum atomic E-state index is 13.6. The predicted molar refractivity (Wildman–Crippen MR) is 148 cm³/mol. The summed E-state index contributed by atoms with van der Waals surface area (Å²) in [5.74, 6) is -1.80. The van der Waals surface area contributed by atoms with Gasteiger partial charge in [0.25, 0.3) is 16.1 Å². The van der Waals surface area contributed by atoms with Crippen LogP contribution in [0.3, 0.4) is 0 Å². The Morgan fingerprint density at radius 3 is 2.46 bits per heavy atom. The van der Waals surface area contributed by atoms with Gasteiger partial charge in [0.15, 0.2) is 5.82 Å². The Kier molecular flexibility index (Phi) is 8.26. The van der Waals surface area contributed by atoms with Gasteiger partial charge >= 0.3 is 5.97 Å². The van der Waals surface area contributed by atoms with Gasteiger partial charge < -0.3 is 10.4 Å². The molecule has 1 atom stereocenters. The fourth-order valence-corrected chi connectivity index (χ4v) is 7.88. The Labute approximate surface area is 239 Å². The molecule has 2 aromatic heterocycles. The fourth-order valence-electron chi connectivity index (χ4n) is 4.79. The maximum absolute atomic E-state index is 13.6. The van der Waals surface area contributed by atoms with Crippen molar-refractivity contribution in [2.75, 3.05) is 31.5 Å². The second-order valence-electron chi connectivity index (χ2n) is 9.35. The van der Waals surface area contributed by atoms with Gasteiger partial charge in [0.1, 0.15) is 0 Å². The molecule has 39 heavy (non-hydrogen) atoms. The summed E-state index contributed by atoms with van der Waals surface area (Å²) in [4.78, 5) is 30.7. The van der Waals surface area contributed by atoms with Crippen molar-refractivity contribution >= 4 is 62.6 Å². The molecule has 4 heterocycles. The number of rotatable bonds is 8. The van der Waals surface area contributed by atoms with Crippen LogP contribution in [0.25, 0.3) is 0 Å². The van der Waals surface area contributed by atoms with E-state index in [1.54, 1.807) is 6.07 Å². The zero-order valence-electron chi connectivity index (χ0n) is 20.7. The topological polar surface area (TPSA) is 138 Å². The molecule has 0 amide bonds. The average molecular weight is 614 g/mol. The van der Waals surface area contributed by atoms with Gasteiger partial charge in [-0.05, 0) is 49.9 Å². The van der Waals surface area contributed by atoms with E-state index >= 15 is 0 Å². The van der Waals surface area contributed by atoms with Crippen LogP contribution in [-0.4, -0.2) is 75.0 Å². The van der Waals surface area contributed by atoms with Crippen LogP contribution in [0.5, 0.6) is 0 Å². The Balaban J connectivity index is 1.46. The van der Waals surface area contributed by atoms with E-state index in [0.717, 1.165) is 22.4 Å². The van der Waals surface area contributed by atoms with Crippen LogP contribution in [0.2, 0.25) is 9.36 Å². The van der Waals surface area contributed by atoms with E-state index in [1.807, 2.05) is 6.07 Å². The third kappa shape index (κ3) is 5.83. The molecule has 15 heteroatoms. The van der Waals surface area contributed by atoms with Gasteiger partial charge in [-0.2, -0.15) is 26.7 Å². The van der Waals surface area contributed by atoms with Crippen molar-refractivity contribution in [3.63, 3.8) is 0 Å². The molecular formula is C24H26Cl2N6O5S2. The second-order valence-corrected chi connectivity index (χ2v) is 13.5. The zero-order valence-corrected chi connectivity index (χ0v) is 23.9. The maximum Gasteiger partial charge on any atom is 0.337 e. The van der Waals surface area contributed by atoms with E-state index in [0.29, 0.717) is 49.2 Å². The van der Waals surface area contributed by atoms with E-state index in [1.165, 1.54) is 38.1 Å². The number of nitrogens with zero attached hydrogens (tertiary/aromatic N) is 5. The first-order valence-corrected chi connectivity index (χ1v) is 15.4. The number of aromatic carboxylic acids is 1. The third-order valence-electron chi connectivity index (χ3n) is 6.79. The van der Waals surface area contributed by atoms with Crippen molar-refractivity contribution in [1.82, 2.24) is 23.4 Å². The number of piperidine rings is 1. The minimum absolute atomic E-state index is 0.0443. The largest absolute Gasteiger partial charge is 0.478 e. The molecule has 3 aromatic rings. The van der Waals surface area contributed by atoms with E-state index in [2.05, 4.69) is 15.4 Å². The van der Waals surface area contributed by atoms with Gasteiger partial charge in [-0.25, -0.2) is 4.79 Å². The Bertz CT molecular complexity index is 1500. The van der Waals surface area contributed by atoms with Gasteiger partial charge in [-0.15, -0.1) is 16.4 Å². The van der Waals surface area contributed by atoms with Crippen LogP contribution in [-0.2, 0) is 16.8 Å². The van der Waals surface area contributed by atoms with Gasteiger partial charge in [0, 0.05) is 37.0 Å². The Morgan fingerprint density at radius 1 is 1.05 bits per heavy atom. The highest BCUT2D eigenvalue weighted by molar-refractivity contribution is 7.86. The number of carbonyl (C=O) groups excluding carboxylic acids is 1. The van der Waals surface area contributed by atoms with Crippen molar-refractivity contribution in [2.24, 2.45) is 0 Å². The van der Waals surface area contributed by atoms with E-state index in [9.17, 15) is 23.1 Å². The number of carbonyl (C=O) groups is 2. The molecule has 0 saturated carbocycles. The van der Waals surface area contributed by atoms with Crippen molar-refractivity contribution in [3.8, 4) is 0 Å². The lowest BCUT2D eigenvalue weighted by molar-refractivity contribution is 0.0697. The molecule has 2 N–H and O–H groups in total. The molecule has 1 unspecified atom stereocenters. The molecule has 0 radical (unpaired) electrons. The van der Waals surface area contributed by atoms with Gasteiger partial charge in [-0.3, -0.25) is 4.79 Å². The number of thiophene rings is 1. The van der Waals surface area contributed by atoms with Crippen molar-refractivity contribution in [1.29, 1.82) is 0 Å².